The van der Waals surface area contributed by atoms with E-state index in [0.717, 1.165) is 5.56 Å². The fourth-order valence-electron chi connectivity index (χ4n) is 1.76. The molecule has 1 unspecified atom stereocenters. The first-order valence-electron chi connectivity index (χ1n) is 6.78. The van der Waals surface area contributed by atoms with Crippen molar-refractivity contribution in [2.24, 2.45) is 5.10 Å². The van der Waals surface area contributed by atoms with Gasteiger partial charge in [-0.25, -0.2) is 5.43 Å². The largest absolute Gasteiger partial charge is 0.481 e. The minimum Gasteiger partial charge on any atom is -0.481 e. The number of carbonyl (C=O) groups is 1. The second-order valence-corrected chi connectivity index (χ2v) is 5.26. The van der Waals surface area contributed by atoms with Gasteiger partial charge in [0, 0.05) is 5.02 Å². The standard InChI is InChI=1S/C16H17ClN2O3/c1-10-9-13(17)6-7-14(10)22-12(3)16(20)19-18-11(2)15-5-4-8-21-15/h4-9,12H,1-3H3,(H,19,20)/b18-11+. The van der Waals surface area contributed by atoms with Crippen molar-refractivity contribution in [1.82, 2.24) is 5.43 Å². The Morgan fingerprint density at radius 2 is 2.18 bits per heavy atom. The summed E-state index contributed by atoms with van der Waals surface area (Å²) < 4.78 is 10.8. The van der Waals surface area contributed by atoms with Crippen LogP contribution in [0.3, 0.4) is 0 Å². The molecular formula is C16H17ClN2O3. The van der Waals surface area contributed by atoms with Crippen LogP contribution in [0.4, 0.5) is 0 Å². The summed E-state index contributed by atoms with van der Waals surface area (Å²) in [5.74, 6) is 0.862. The average Bonchev–Trinajstić information content (AvgIpc) is 3.01. The molecular weight excluding hydrogens is 304 g/mol. The van der Waals surface area contributed by atoms with Crippen molar-refractivity contribution in [2.45, 2.75) is 26.9 Å². The summed E-state index contributed by atoms with van der Waals surface area (Å²) in [6.07, 6.45) is 0.860. The molecule has 0 aliphatic heterocycles. The van der Waals surface area contributed by atoms with Crippen LogP contribution in [0, 0.1) is 6.92 Å². The van der Waals surface area contributed by atoms with E-state index >= 15 is 0 Å². The number of furan rings is 1. The summed E-state index contributed by atoms with van der Waals surface area (Å²) in [6.45, 7) is 5.26. The van der Waals surface area contributed by atoms with Gasteiger partial charge in [-0.1, -0.05) is 11.6 Å². The Hall–Kier alpha value is -2.27. The highest BCUT2D eigenvalue weighted by Gasteiger charge is 2.15. The van der Waals surface area contributed by atoms with Gasteiger partial charge in [-0.05, 0) is 56.7 Å². The number of aryl methyl sites for hydroxylation is 1. The number of carbonyl (C=O) groups excluding carboxylic acids is 1. The zero-order chi connectivity index (χ0) is 16.1. The van der Waals surface area contributed by atoms with Crippen LogP contribution in [-0.4, -0.2) is 17.7 Å². The molecule has 1 N–H and O–H groups in total. The molecule has 5 nitrogen and oxygen atoms in total. The molecule has 22 heavy (non-hydrogen) atoms. The van der Waals surface area contributed by atoms with Crippen molar-refractivity contribution in [2.75, 3.05) is 0 Å². The highest BCUT2D eigenvalue weighted by Crippen LogP contribution is 2.22. The second-order valence-electron chi connectivity index (χ2n) is 4.82. The highest BCUT2D eigenvalue weighted by atomic mass is 35.5. The Labute approximate surface area is 133 Å². The zero-order valence-electron chi connectivity index (χ0n) is 12.6. The van der Waals surface area contributed by atoms with Crippen LogP contribution in [0.15, 0.2) is 46.1 Å². The van der Waals surface area contributed by atoms with Crippen LogP contribution >= 0.6 is 11.6 Å². The fourth-order valence-corrected chi connectivity index (χ4v) is 1.99. The quantitative estimate of drug-likeness (QED) is 0.677. The lowest BCUT2D eigenvalue weighted by Gasteiger charge is -2.15. The van der Waals surface area contributed by atoms with Gasteiger partial charge >= 0.3 is 0 Å². The number of ether oxygens (including phenoxy) is 1. The van der Waals surface area contributed by atoms with Crippen molar-refractivity contribution < 1.29 is 13.9 Å². The summed E-state index contributed by atoms with van der Waals surface area (Å²) in [5, 5.41) is 4.61. The Morgan fingerprint density at radius 3 is 2.82 bits per heavy atom. The molecule has 1 atom stereocenters. The number of benzene rings is 1. The molecule has 0 radical (unpaired) electrons. The van der Waals surface area contributed by atoms with E-state index < -0.39 is 6.10 Å². The SMILES string of the molecule is C/C(=N\NC(=O)C(C)Oc1ccc(Cl)cc1C)c1ccco1. The van der Waals surface area contributed by atoms with Crippen molar-refractivity contribution >= 4 is 23.2 Å². The molecule has 1 heterocycles. The molecule has 1 aromatic carbocycles. The van der Waals surface area contributed by atoms with Gasteiger partial charge in [-0.15, -0.1) is 0 Å². The summed E-state index contributed by atoms with van der Waals surface area (Å²) >= 11 is 5.89. The van der Waals surface area contributed by atoms with Crippen molar-refractivity contribution in [3.05, 3.63) is 52.9 Å². The number of halogens is 1. The van der Waals surface area contributed by atoms with Gasteiger partial charge < -0.3 is 9.15 Å². The maximum atomic E-state index is 12.0. The average molecular weight is 321 g/mol. The van der Waals surface area contributed by atoms with E-state index in [4.69, 9.17) is 20.8 Å². The Bertz CT molecular complexity index is 681. The molecule has 6 heteroatoms. The molecule has 0 aliphatic rings. The predicted octanol–water partition coefficient (Wildman–Crippen LogP) is 3.55. The monoisotopic (exact) mass is 320 g/mol. The van der Waals surface area contributed by atoms with Crippen LogP contribution in [0.2, 0.25) is 5.02 Å². The predicted molar refractivity (Wildman–Crippen MR) is 85.3 cm³/mol. The Balaban J connectivity index is 1.96. The molecule has 1 aromatic heterocycles. The molecule has 0 saturated carbocycles. The summed E-state index contributed by atoms with van der Waals surface area (Å²) in [7, 11) is 0. The van der Waals surface area contributed by atoms with Crippen LogP contribution in [0.25, 0.3) is 0 Å². The van der Waals surface area contributed by atoms with E-state index in [-0.39, 0.29) is 5.91 Å². The minimum atomic E-state index is -0.687. The molecule has 2 rings (SSSR count). The second kappa shape index (κ2) is 7.13. The van der Waals surface area contributed by atoms with Gasteiger partial charge in [-0.2, -0.15) is 5.10 Å². The Morgan fingerprint density at radius 1 is 1.41 bits per heavy atom. The third kappa shape index (κ3) is 4.11. The smallest absolute Gasteiger partial charge is 0.280 e. The van der Waals surface area contributed by atoms with E-state index in [1.165, 1.54) is 0 Å². The van der Waals surface area contributed by atoms with E-state index in [0.29, 0.717) is 22.2 Å². The number of hydrogen-bond donors (Lipinski definition) is 1. The first-order chi connectivity index (χ1) is 10.5. The number of amides is 1. The number of rotatable bonds is 5. The van der Waals surface area contributed by atoms with E-state index in [9.17, 15) is 4.79 Å². The van der Waals surface area contributed by atoms with Crippen LogP contribution in [0.1, 0.15) is 25.2 Å². The van der Waals surface area contributed by atoms with Gasteiger partial charge in [0.2, 0.25) is 0 Å². The number of hydrogen-bond acceptors (Lipinski definition) is 4. The summed E-state index contributed by atoms with van der Waals surface area (Å²) in [5.41, 5.74) is 3.90. The molecule has 1 amide bonds. The normalized spacial score (nSPS) is 12.8. The number of nitrogens with one attached hydrogen (secondary N) is 1. The topological polar surface area (TPSA) is 63.8 Å². The minimum absolute atomic E-state index is 0.347. The van der Waals surface area contributed by atoms with Gasteiger partial charge in [-0.3, -0.25) is 4.79 Å². The lowest BCUT2D eigenvalue weighted by molar-refractivity contribution is -0.127. The number of hydrazone groups is 1. The summed E-state index contributed by atoms with van der Waals surface area (Å²) in [4.78, 5) is 12.0. The zero-order valence-corrected chi connectivity index (χ0v) is 13.3. The molecule has 0 aliphatic carbocycles. The lowest BCUT2D eigenvalue weighted by atomic mass is 10.2. The van der Waals surface area contributed by atoms with Gasteiger partial charge in [0.25, 0.3) is 5.91 Å². The van der Waals surface area contributed by atoms with Gasteiger partial charge in [0.15, 0.2) is 6.10 Å². The van der Waals surface area contributed by atoms with Crippen LogP contribution in [0.5, 0.6) is 5.75 Å². The number of nitrogens with zero attached hydrogens (tertiary/aromatic N) is 1. The first-order valence-corrected chi connectivity index (χ1v) is 7.16. The Kier molecular flexibility index (Phi) is 5.22. The lowest BCUT2D eigenvalue weighted by Crippen LogP contribution is -2.34. The van der Waals surface area contributed by atoms with Crippen molar-refractivity contribution in [3.63, 3.8) is 0 Å². The highest BCUT2D eigenvalue weighted by molar-refractivity contribution is 6.30. The van der Waals surface area contributed by atoms with Gasteiger partial charge in [0.05, 0.1) is 6.26 Å². The first kappa shape index (κ1) is 16.1. The van der Waals surface area contributed by atoms with E-state index in [1.807, 2.05) is 6.92 Å². The molecule has 0 saturated heterocycles. The molecule has 0 spiro atoms. The third-order valence-corrected chi connectivity index (χ3v) is 3.26. The van der Waals surface area contributed by atoms with Gasteiger partial charge in [0.1, 0.15) is 17.2 Å². The molecule has 116 valence electrons. The van der Waals surface area contributed by atoms with Crippen molar-refractivity contribution in [1.29, 1.82) is 0 Å². The summed E-state index contributed by atoms with van der Waals surface area (Å²) in [6, 6.07) is 8.75. The van der Waals surface area contributed by atoms with E-state index in [2.05, 4.69) is 10.5 Å². The maximum absolute atomic E-state index is 12.0. The van der Waals surface area contributed by atoms with Crippen LogP contribution < -0.4 is 10.2 Å². The molecule has 2 aromatic rings. The molecule has 0 bridgehead atoms. The van der Waals surface area contributed by atoms with E-state index in [1.54, 1.807) is 50.4 Å². The van der Waals surface area contributed by atoms with Crippen LogP contribution in [-0.2, 0) is 4.79 Å². The molecule has 0 fully saturated rings. The maximum Gasteiger partial charge on any atom is 0.280 e. The third-order valence-electron chi connectivity index (χ3n) is 3.02. The van der Waals surface area contributed by atoms with Crippen molar-refractivity contribution in [3.8, 4) is 5.75 Å². The fraction of sp³-hybridized carbons (Fsp3) is 0.250.